The van der Waals surface area contributed by atoms with E-state index in [0.717, 1.165) is 18.8 Å². The Kier molecular flexibility index (Phi) is 7.46. The zero-order valence-corrected chi connectivity index (χ0v) is 20.4. The zero-order valence-electron chi connectivity index (χ0n) is 18.8. The highest BCUT2D eigenvalue weighted by molar-refractivity contribution is 7.89. The van der Waals surface area contributed by atoms with E-state index in [0.29, 0.717) is 49.9 Å². The first kappa shape index (κ1) is 23.9. The second-order valence-corrected chi connectivity index (χ2v) is 10.8. The fourth-order valence-corrected chi connectivity index (χ4v) is 6.21. The van der Waals surface area contributed by atoms with Gasteiger partial charge in [-0.15, -0.1) is 0 Å². The van der Waals surface area contributed by atoms with Crippen LogP contribution in [0.2, 0.25) is 5.02 Å². The fourth-order valence-electron chi connectivity index (χ4n) is 4.50. The van der Waals surface area contributed by atoms with E-state index in [1.807, 2.05) is 36.1 Å². The van der Waals surface area contributed by atoms with Crippen molar-refractivity contribution in [2.45, 2.75) is 24.7 Å². The van der Waals surface area contributed by atoms with Crippen molar-refractivity contribution in [3.05, 3.63) is 53.6 Å². The van der Waals surface area contributed by atoms with Crippen LogP contribution in [0.25, 0.3) is 0 Å². The highest BCUT2D eigenvalue weighted by Crippen LogP contribution is 2.27. The second-order valence-electron chi connectivity index (χ2n) is 8.40. The number of anilines is 1. The molecule has 2 fully saturated rings. The molecule has 33 heavy (non-hydrogen) atoms. The summed E-state index contributed by atoms with van der Waals surface area (Å²) in [5.41, 5.74) is 1.06. The lowest BCUT2D eigenvalue weighted by atomic mass is 9.97. The summed E-state index contributed by atoms with van der Waals surface area (Å²) in [6.45, 7) is 5.76. The molecule has 2 heterocycles. The van der Waals surface area contributed by atoms with Crippen LogP contribution >= 0.6 is 11.6 Å². The van der Waals surface area contributed by atoms with Crippen molar-refractivity contribution in [1.82, 2.24) is 9.21 Å². The van der Waals surface area contributed by atoms with E-state index >= 15 is 0 Å². The minimum Gasteiger partial charge on any atom is -0.494 e. The Labute approximate surface area is 200 Å². The summed E-state index contributed by atoms with van der Waals surface area (Å²) in [6, 6.07) is 14.2. The number of amides is 1. The molecule has 4 rings (SSSR count). The van der Waals surface area contributed by atoms with Gasteiger partial charge in [0.2, 0.25) is 15.9 Å². The molecule has 7 nitrogen and oxygen atoms in total. The number of halogens is 1. The zero-order chi connectivity index (χ0) is 23.4. The van der Waals surface area contributed by atoms with E-state index < -0.39 is 10.0 Å². The lowest BCUT2D eigenvalue weighted by molar-refractivity contribution is -0.137. The third-order valence-electron chi connectivity index (χ3n) is 6.27. The van der Waals surface area contributed by atoms with E-state index in [1.54, 1.807) is 24.3 Å². The van der Waals surface area contributed by atoms with Gasteiger partial charge in [0.1, 0.15) is 5.75 Å². The van der Waals surface area contributed by atoms with Crippen LogP contribution in [0.3, 0.4) is 0 Å². The standard InChI is InChI=1S/C24H30ClN3O4S/c1-2-32-22-8-10-23(11-9-22)33(30,31)28-12-4-5-19(18-28)24(29)27-15-13-26(14-16-27)21-7-3-6-20(25)17-21/h3,6-11,17,19H,2,4-5,12-16,18H2,1H3/t19-/m0/s1. The van der Waals surface area contributed by atoms with Gasteiger partial charge in [-0.3, -0.25) is 4.79 Å². The molecule has 0 N–H and O–H groups in total. The molecule has 1 atom stereocenters. The number of piperidine rings is 1. The van der Waals surface area contributed by atoms with Crippen molar-refractivity contribution in [3.8, 4) is 5.75 Å². The summed E-state index contributed by atoms with van der Waals surface area (Å²) in [6.07, 6.45) is 1.39. The summed E-state index contributed by atoms with van der Waals surface area (Å²) in [7, 11) is -3.65. The molecule has 2 aromatic rings. The predicted octanol–water partition coefficient (Wildman–Crippen LogP) is 3.49. The van der Waals surface area contributed by atoms with Crippen molar-refractivity contribution >= 4 is 33.2 Å². The summed E-state index contributed by atoms with van der Waals surface area (Å²) in [5.74, 6) is 0.376. The number of ether oxygens (including phenoxy) is 1. The van der Waals surface area contributed by atoms with Crippen LogP contribution in [0.5, 0.6) is 5.75 Å². The third kappa shape index (κ3) is 5.45. The predicted molar refractivity (Wildman–Crippen MR) is 129 cm³/mol. The number of nitrogens with zero attached hydrogens (tertiary/aromatic N) is 3. The van der Waals surface area contributed by atoms with Crippen molar-refractivity contribution in [2.24, 2.45) is 5.92 Å². The molecule has 0 bridgehead atoms. The Balaban J connectivity index is 1.37. The van der Waals surface area contributed by atoms with Gasteiger partial charge in [0.25, 0.3) is 0 Å². The van der Waals surface area contributed by atoms with Crippen molar-refractivity contribution in [1.29, 1.82) is 0 Å². The average molecular weight is 492 g/mol. The average Bonchev–Trinajstić information content (AvgIpc) is 2.84. The maximum atomic E-state index is 13.2. The number of benzene rings is 2. The normalized spacial score (nSPS) is 20.0. The summed E-state index contributed by atoms with van der Waals surface area (Å²) < 4.78 is 33.2. The first-order chi connectivity index (χ1) is 15.9. The number of sulfonamides is 1. The van der Waals surface area contributed by atoms with Gasteiger partial charge in [0, 0.05) is 50.0 Å². The van der Waals surface area contributed by atoms with Crippen LogP contribution in [0.15, 0.2) is 53.4 Å². The molecule has 0 spiro atoms. The SMILES string of the molecule is CCOc1ccc(S(=O)(=O)N2CCC[C@H](C(=O)N3CCN(c4cccc(Cl)c4)CC3)C2)cc1. The van der Waals surface area contributed by atoms with Crippen molar-refractivity contribution < 1.29 is 17.9 Å². The van der Waals surface area contributed by atoms with E-state index in [9.17, 15) is 13.2 Å². The maximum absolute atomic E-state index is 13.2. The summed E-state index contributed by atoms with van der Waals surface area (Å²) in [5, 5.41) is 0.696. The van der Waals surface area contributed by atoms with E-state index in [1.165, 1.54) is 4.31 Å². The Morgan fingerprint density at radius 3 is 2.45 bits per heavy atom. The number of hydrogen-bond donors (Lipinski definition) is 0. The maximum Gasteiger partial charge on any atom is 0.243 e. The van der Waals surface area contributed by atoms with Gasteiger partial charge in [0.05, 0.1) is 17.4 Å². The summed E-state index contributed by atoms with van der Waals surface area (Å²) in [4.78, 5) is 17.6. The number of rotatable bonds is 6. The van der Waals surface area contributed by atoms with Gasteiger partial charge in [0.15, 0.2) is 0 Å². The van der Waals surface area contributed by atoms with Gasteiger partial charge in [-0.2, -0.15) is 4.31 Å². The van der Waals surface area contributed by atoms with Crippen LogP contribution in [-0.2, 0) is 14.8 Å². The highest BCUT2D eigenvalue weighted by Gasteiger charge is 2.36. The van der Waals surface area contributed by atoms with Crippen molar-refractivity contribution in [2.75, 3.05) is 50.8 Å². The topological polar surface area (TPSA) is 70.2 Å². The van der Waals surface area contributed by atoms with Crippen LogP contribution in [-0.4, -0.2) is 69.4 Å². The molecular weight excluding hydrogens is 462 g/mol. The Morgan fingerprint density at radius 1 is 1.06 bits per heavy atom. The Bertz CT molecular complexity index is 1070. The first-order valence-electron chi connectivity index (χ1n) is 11.4. The molecule has 2 aromatic carbocycles. The first-order valence-corrected chi connectivity index (χ1v) is 13.2. The molecule has 9 heteroatoms. The number of carbonyl (C=O) groups excluding carboxylic acids is 1. The van der Waals surface area contributed by atoms with Crippen LogP contribution in [0.1, 0.15) is 19.8 Å². The molecule has 178 valence electrons. The van der Waals surface area contributed by atoms with E-state index in [4.69, 9.17) is 16.3 Å². The molecule has 2 aliphatic rings. The van der Waals surface area contributed by atoms with Crippen LogP contribution in [0.4, 0.5) is 5.69 Å². The molecule has 0 radical (unpaired) electrons. The van der Waals surface area contributed by atoms with Gasteiger partial charge in [-0.1, -0.05) is 17.7 Å². The molecule has 0 aliphatic carbocycles. The van der Waals surface area contributed by atoms with E-state index in [-0.39, 0.29) is 23.3 Å². The lowest BCUT2D eigenvalue weighted by Crippen LogP contribution is -2.53. The van der Waals surface area contributed by atoms with Gasteiger partial charge < -0.3 is 14.5 Å². The third-order valence-corrected chi connectivity index (χ3v) is 8.39. The molecule has 2 aliphatic heterocycles. The van der Waals surface area contributed by atoms with Gasteiger partial charge in [-0.05, 0) is 62.2 Å². The highest BCUT2D eigenvalue weighted by atomic mass is 35.5. The monoisotopic (exact) mass is 491 g/mol. The Hall–Kier alpha value is -2.29. The van der Waals surface area contributed by atoms with Gasteiger partial charge >= 0.3 is 0 Å². The number of carbonyl (C=O) groups is 1. The molecular formula is C24H30ClN3O4S. The molecule has 0 aromatic heterocycles. The number of hydrogen-bond acceptors (Lipinski definition) is 5. The summed E-state index contributed by atoms with van der Waals surface area (Å²) >= 11 is 6.11. The van der Waals surface area contributed by atoms with Gasteiger partial charge in [-0.25, -0.2) is 8.42 Å². The second kappa shape index (κ2) is 10.3. The molecule has 1 amide bonds. The molecule has 2 saturated heterocycles. The van der Waals surface area contributed by atoms with Crippen LogP contribution in [0, 0.1) is 5.92 Å². The molecule has 0 unspecified atom stereocenters. The van der Waals surface area contributed by atoms with E-state index in [2.05, 4.69) is 4.90 Å². The minimum atomic E-state index is -3.65. The quantitative estimate of drug-likeness (QED) is 0.618. The van der Waals surface area contributed by atoms with Crippen molar-refractivity contribution in [3.63, 3.8) is 0 Å². The smallest absolute Gasteiger partial charge is 0.243 e. The van der Waals surface area contributed by atoms with Crippen LogP contribution < -0.4 is 9.64 Å². The molecule has 0 saturated carbocycles. The fraction of sp³-hybridized carbons (Fsp3) is 0.458. The lowest BCUT2D eigenvalue weighted by Gasteiger charge is -2.39. The Morgan fingerprint density at radius 2 is 1.79 bits per heavy atom. The minimum absolute atomic E-state index is 0.0485. The largest absolute Gasteiger partial charge is 0.494 e. The number of piperazine rings is 1.